The summed E-state index contributed by atoms with van der Waals surface area (Å²) < 4.78 is 0. The van der Waals surface area contributed by atoms with E-state index in [2.05, 4.69) is 36.5 Å². The van der Waals surface area contributed by atoms with Gasteiger partial charge in [-0.1, -0.05) is 20.3 Å². The highest BCUT2D eigenvalue weighted by Crippen LogP contribution is 2.35. The van der Waals surface area contributed by atoms with Gasteiger partial charge in [0.15, 0.2) is 0 Å². The molecule has 1 aromatic rings. The van der Waals surface area contributed by atoms with E-state index in [0.717, 1.165) is 0 Å². The number of nitrogens with one attached hydrogen (secondary N) is 1. The third-order valence-corrected chi connectivity index (χ3v) is 4.47. The first-order valence-electron chi connectivity index (χ1n) is 6.22. The molecule has 0 aliphatic heterocycles. The summed E-state index contributed by atoms with van der Waals surface area (Å²) in [6.45, 7) is 6.99. The van der Waals surface area contributed by atoms with Crippen molar-refractivity contribution >= 4 is 11.3 Å². The van der Waals surface area contributed by atoms with Crippen LogP contribution in [0.15, 0.2) is 11.6 Å². The van der Waals surface area contributed by atoms with Crippen LogP contribution in [0.3, 0.4) is 0 Å². The van der Waals surface area contributed by atoms with Gasteiger partial charge >= 0.3 is 0 Å². The number of thiazole rings is 1. The second kappa shape index (κ2) is 4.84. The van der Waals surface area contributed by atoms with Gasteiger partial charge in [-0.2, -0.15) is 0 Å². The zero-order valence-corrected chi connectivity index (χ0v) is 11.3. The number of aromatic nitrogens is 1. The Kier molecular flexibility index (Phi) is 3.65. The van der Waals surface area contributed by atoms with E-state index in [1.807, 2.05) is 6.20 Å². The van der Waals surface area contributed by atoms with Crippen LogP contribution in [0.2, 0.25) is 0 Å². The van der Waals surface area contributed by atoms with Gasteiger partial charge < -0.3 is 5.32 Å². The molecule has 1 fully saturated rings. The predicted octanol–water partition coefficient (Wildman–Crippen LogP) is 3.76. The van der Waals surface area contributed by atoms with Crippen LogP contribution in [-0.2, 0) is 0 Å². The Hall–Kier alpha value is -0.410. The van der Waals surface area contributed by atoms with Gasteiger partial charge in [0, 0.05) is 17.6 Å². The Morgan fingerprint density at radius 2 is 2.38 bits per heavy atom. The third-order valence-electron chi connectivity index (χ3n) is 3.51. The van der Waals surface area contributed by atoms with Crippen LogP contribution in [0, 0.1) is 5.41 Å². The molecule has 16 heavy (non-hydrogen) atoms. The third kappa shape index (κ3) is 3.05. The second-order valence-corrected chi connectivity index (χ2v) is 6.64. The summed E-state index contributed by atoms with van der Waals surface area (Å²) in [5.41, 5.74) is 0.512. The van der Waals surface area contributed by atoms with Crippen molar-refractivity contribution < 1.29 is 0 Å². The minimum absolute atomic E-state index is 0.402. The zero-order chi connectivity index (χ0) is 11.6. The van der Waals surface area contributed by atoms with E-state index in [9.17, 15) is 0 Å². The maximum atomic E-state index is 4.37. The molecule has 2 unspecified atom stereocenters. The van der Waals surface area contributed by atoms with Crippen molar-refractivity contribution in [1.82, 2.24) is 10.3 Å². The first-order valence-corrected chi connectivity index (χ1v) is 7.10. The molecule has 2 atom stereocenters. The fourth-order valence-corrected chi connectivity index (χ4v) is 3.37. The van der Waals surface area contributed by atoms with Crippen LogP contribution >= 0.6 is 11.3 Å². The Balaban J connectivity index is 1.90. The lowest BCUT2D eigenvalue weighted by Crippen LogP contribution is -2.38. The SMILES string of the molecule is CC(NC1CCCC(C)(C)C1)c1nccs1. The largest absolute Gasteiger partial charge is 0.305 e. The average molecular weight is 238 g/mol. The van der Waals surface area contributed by atoms with Crippen LogP contribution < -0.4 is 5.32 Å². The van der Waals surface area contributed by atoms with E-state index < -0.39 is 0 Å². The first-order chi connectivity index (χ1) is 7.57. The van der Waals surface area contributed by atoms with Gasteiger partial charge in [-0.05, 0) is 31.6 Å². The summed E-state index contributed by atoms with van der Waals surface area (Å²) in [4.78, 5) is 4.37. The van der Waals surface area contributed by atoms with E-state index in [1.165, 1.54) is 30.7 Å². The molecule has 1 aliphatic carbocycles. The lowest BCUT2D eigenvalue weighted by Gasteiger charge is -2.36. The van der Waals surface area contributed by atoms with Crippen LogP contribution in [-0.4, -0.2) is 11.0 Å². The topological polar surface area (TPSA) is 24.9 Å². The van der Waals surface area contributed by atoms with Gasteiger partial charge in [-0.25, -0.2) is 4.98 Å². The summed E-state index contributed by atoms with van der Waals surface area (Å²) in [7, 11) is 0. The summed E-state index contributed by atoms with van der Waals surface area (Å²) in [6.07, 6.45) is 7.23. The van der Waals surface area contributed by atoms with Crippen molar-refractivity contribution in [2.24, 2.45) is 5.41 Å². The molecule has 0 aromatic carbocycles. The lowest BCUT2D eigenvalue weighted by molar-refractivity contribution is 0.191. The number of nitrogens with zero attached hydrogens (tertiary/aromatic N) is 1. The first kappa shape index (κ1) is 12.1. The van der Waals surface area contributed by atoms with Gasteiger partial charge in [0.2, 0.25) is 0 Å². The molecule has 2 nitrogen and oxygen atoms in total. The lowest BCUT2D eigenvalue weighted by atomic mass is 9.75. The predicted molar refractivity (Wildman–Crippen MR) is 69.7 cm³/mol. The van der Waals surface area contributed by atoms with Crippen molar-refractivity contribution in [1.29, 1.82) is 0 Å². The smallest absolute Gasteiger partial charge is 0.109 e. The van der Waals surface area contributed by atoms with Crippen molar-refractivity contribution in [2.75, 3.05) is 0 Å². The molecule has 0 spiro atoms. The molecule has 3 heteroatoms. The fourth-order valence-electron chi connectivity index (χ4n) is 2.71. The standard InChI is InChI=1S/C13H22N2S/c1-10(12-14-7-8-16-12)15-11-5-4-6-13(2,3)9-11/h7-8,10-11,15H,4-6,9H2,1-3H3. The molecule has 2 rings (SSSR count). The van der Waals surface area contributed by atoms with Crippen molar-refractivity contribution in [3.63, 3.8) is 0 Å². The highest BCUT2D eigenvalue weighted by atomic mass is 32.1. The molecule has 1 heterocycles. The minimum Gasteiger partial charge on any atom is -0.305 e. The minimum atomic E-state index is 0.402. The summed E-state index contributed by atoms with van der Waals surface area (Å²) in [5, 5.41) is 6.99. The molecule has 0 amide bonds. The Labute approximate surface area is 102 Å². The maximum absolute atomic E-state index is 4.37. The van der Waals surface area contributed by atoms with Crippen molar-refractivity contribution in [2.45, 2.75) is 58.5 Å². The molecule has 1 aliphatic rings. The highest BCUT2D eigenvalue weighted by Gasteiger charge is 2.28. The molecule has 90 valence electrons. The van der Waals surface area contributed by atoms with Gasteiger partial charge in [0.25, 0.3) is 0 Å². The molecule has 1 N–H and O–H groups in total. The highest BCUT2D eigenvalue weighted by molar-refractivity contribution is 7.09. The quantitative estimate of drug-likeness (QED) is 0.867. The van der Waals surface area contributed by atoms with Crippen LogP contribution in [0.4, 0.5) is 0 Å². The van der Waals surface area contributed by atoms with Crippen LogP contribution in [0.25, 0.3) is 0 Å². The Bertz CT molecular complexity index is 319. The van der Waals surface area contributed by atoms with E-state index >= 15 is 0 Å². The molecule has 0 radical (unpaired) electrons. The molecule has 1 saturated carbocycles. The van der Waals surface area contributed by atoms with Crippen molar-refractivity contribution in [3.8, 4) is 0 Å². The van der Waals surface area contributed by atoms with Crippen LogP contribution in [0.5, 0.6) is 0 Å². The Morgan fingerprint density at radius 3 is 3.00 bits per heavy atom. The van der Waals surface area contributed by atoms with Crippen LogP contribution in [0.1, 0.15) is 57.5 Å². The van der Waals surface area contributed by atoms with Gasteiger partial charge in [0.05, 0.1) is 6.04 Å². The molecule has 1 aromatic heterocycles. The molecular formula is C13H22N2S. The fraction of sp³-hybridized carbons (Fsp3) is 0.769. The zero-order valence-electron chi connectivity index (χ0n) is 10.5. The number of hydrogen-bond acceptors (Lipinski definition) is 3. The normalized spacial score (nSPS) is 26.6. The molecule has 0 saturated heterocycles. The van der Waals surface area contributed by atoms with Gasteiger partial charge in [-0.3, -0.25) is 0 Å². The molecule has 0 bridgehead atoms. The van der Waals surface area contributed by atoms with E-state index in [1.54, 1.807) is 11.3 Å². The summed E-state index contributed by atoms with van der Waals surface area (Å²) in [5.74, 6) is 0. The maximum Gasteiger partial charge on any atom is 0.109 e. The molecular weight excluding hydrogens is 216 g/mol. The second-order valence-electron chi connectivity index (χ2n) is 5.72. The monoisotopic (exact) mass is 238 g/mol. The van der Waals surface area contributed by atoms with Gasteiger partial charge in [-0.15, -0.1) is 11.3 Å². The summed E-state index contributed by atoms with van der Waals surface area (Å²) in [6, 6.07) is 1.07. The van der Waals surface area contributed by atoms with Crippen molar-refractivity contribution in [3.05, 3.63) is 16.6 Å². The van der Waals surface area contributed by atoms with E-state index in [-0.39, 0.29) is 0 Å². The van der Waals surface area contributed by atoms with E-state index in [0.29, 0.717) is 17.5 Å². The summed E-state index contributed by atoms with van der Waals surface area (Å²) >= 11 is 1.75. The Morgan fingerprint density at radius 1 is 1.56 bits per heavy atom. The number of hydrogen-bond donors (Lipinski definition) is 1. The number of rotatable bonds is 3. The van der Waals surface area contributed by atoms with E-state index in [4.69, 9.17) is 0 Å². The van der Waals surface area contributed by atoms with Gasteiger partial charge in [0.1, 0.15) is 5.01 Å². The average Bonchev–Trinajstić information content (AvgIpc) is 2.68.